The van der Waals surface area contributed by atoms with Crippen molar-refractivity contribution in [2.24, 2.45) is 17.8 Å². The summed E-state index contributed by atoms with van der Waals surface area (Å²) >= 11 is 6.04. The van der Waals surface area contributed by atoms with E-state index in [4.69, 9.17) is 11.6 Å². The third kappa shape index (κ3) is 2.33. The number of nitrogens with zero attached hydrogens (tertiary/aromatic N) is 1. The smallest absolute Gasteiger partial charge is 0.225 e. The molecule has 3 rings (SSSR count). The minimum absolute atomic E-state index is 0.309. The monoisotopic (exact) mass is 255 g/mol. The van der Waals surface area contributed by atoms with Crippen LogP contribution in [0.5, 0.6) is 0 Å². The highest BCUT2D eigenvalue weighted by molar-refractivity contribution is 6.18. The SMILES string of the molecule is O=C(C1CC2CC2C1)N1CCCCCC1CCl. The molecule has 17 heavy (non-hydrogen) atoms. The summed E-state index contributed by atoms with van der Waals surface area (Å²) in [7, 11) is 0. The van der Waals surface area contributed by atoms with E-state index in [0.717, 1.165) is 37.6 Å². The van der Waals surface area contributed by atoms with Crippen molar-refractivity contribution in [2.45, 2.75) is 51.0 Å². The highest BCUT2D eigenvalue weighted by atomic mass is 35.5. The van der Waals surface area contributed by atoms with Gasteiger partial charge in [0.25, 0.3) is 0 Å². The molecular weight excluding hydrogens is 234 g/mol. The number of likely N-dealkylation sites (tertiary alicyclic amines) is 1. The highest BCUT2D eigenvalue weighted by Crippen LogP contribution is 2.54. The first-order valence-corrected chi connectivity index (χ1v) is 7.69. The van der Waals surface area contributed by atoms with Crippen LogP contribution in [-0.2, 0) is 4.79 Å². The Morgan fingerprint density at radius 3 is 2.59 bits per heavy atom. The summed E-state index contributed by atoms with van der Waals surface area (Å²) in [5.41, 5.74) is 0. The first-order valence-electron chi connectivity index (χ1n) is 7.16. The zero-order valence-corrected chi connectivity index (χ0v) is 11.2. The highest BCUT2D eigenvalue weighted by Gasteiger charge is 2.49. The van der Waals surface area contributed by atoms with Crippen molar-refractivity contribution in [3.05, 3.63) is 0 Å². The van der Waals surface area contributed by atoms with Crippen LogP contribution in [0, 0.1) is 17.8 Å². The normalized spacial score (nSPS) is 40.9. The number of halogens is 1. The van der Waals surface area contributed by atoms with Crippen LogP contribution in [0.4, 0.5) is 0 Å². The Bertz CT molecular complexity index is 297. The quantitative estimate of drug-likeness (QED) is 0.695. The van der Waals surface area contributed by atoms with Crippen LogP contribution in [0.15, 0.2) is 0 Å². The average Bonchev–Trinajstić information content (AvgIpc) is 3.04. The maximum Gasteiger partial charge on any atom is 0.225 e. The van der Waals surface area contributed by atoms with Crippen LogP contribution in [0.1, 0.15) is 44.9 Å². The van der Waals surface area contributed by atoms with E-state index in [1.54, 1.807) is 0 Å². The molecule has 0 bridgehead atoms. The number of alkyl halides is 1. The lowest BCUT2D eigenvalue weighted by Gasteiger charge is -2.31. The van der Waals surface area contributed by atoms with Crippen LogP contribution < -0.4 is 0 Å². The third-order valence-electron chi connectivity index (χ3n) is 4.93. The summed E-state index contributed by atoms with van der Waals surface area (Å²) in [5.74, 6) is 3.16. The maximum atomic E-state index is 12.6. The zero-order chi connectivity index (χ0) is 11.8. The second kappa shape index (κ2) is 4.79. The van der Waals surface area contributed by atoms with Gasteiger partial charge < -0.3 is 4.90 Å². The summed E-state index contributed by atoms with van der Waals surface area (Å²) in [6.07, 6.45) is 8.48. The molecule has 1 saturated heterocycles. The van der Waals surface area contributed by atoms with Crippen molar-refractivity contribution in [1.29, 1.82) is 0 Å². The van der Waals surface area contributed by atoms with Gasteiger partial charge in [0.05, 0.1) is 0 Å². The Kier molecular flexibility index (Phi) is 3.34. The molecule has 3 fully saturated rings. The van der Waals surface area contributed by atoms with Gasteiger partial charge in [-0.3, -0.25) is 4.79 Å². The van der Waals surface area contributed by atoms with Crippen molar-refractivity contribution >= 4 is 17.5 Å². The van der Waals surface area contributed by atoms with Gasteiger partial charge in [-0.25, -0.2) is 0 Å². The Morgan fingerprint density at radius 1 is 1.12 bits per heavy atom. The van der Waals surface area contributed by atoms with Gasteiger partial charge in [-0.05, 0) is 43.9 Å². The standard InChI is InChI=1S/C14H22ClNO/c15-9-13-4-2-1-3-5-16(13)14(17)12-7-10-6-11(10)8-12/h10-13H,1-9H2. The molecule has 0 N–H and O–H groups in total. The Labute approximate surface area is 109 Å². The number of rotatable bonds is 2. The largest absolute Gasteiger partial charge is 0.338 e. The van der Waals surface area contributed by atoms with Crippen LogP contribution in [0.2, 0.25) is 0 Å². The van der Waals surface area contributed by atoms with Gasteiger partial charge in [0.2, 0.25) is 5.91 Å². The van der Waals surface area contributed by atoms with Crippen molar-refractivity contribution in [3.63, 3.8) is 0 Å². The lowest BCUT2D eigenvalue weighted by Crippen LogP contribution is -2.44. The lowest BCUT2D eigenvalue weighted by atomic mass is 10.0. The van der Waals surface area contributed by atoms with Crippen molar-refractivity contribution in [1.82, 2.24) is 4.90 Å². The van der Waals surface area contributed by atoms with Crippen LogP contribution in [0.25, 0.3) is 0 Å². The van der Waals surface area contributed by atoms with E-state index in [2.05, 4.69) is 4.90 Å². The predicted octanol–water partition coefficient (Wildman–Crippen LogP) is 3.04. The molecule has 3 heteroatoms. The third-order valence-corrected chi connectivity index (χ3v) is 5.29. The molecule has 3 unspecified atom stereocenters. The minimum Gasteiger partial charge on any atom is -0.338 e. The molecule has 0 spiro atoms. The van der Waals surface area contributed by atoms with E-state index in [9.17, 15) is 4.79 Å². The summed E-state index contributed by atoms with van der Waals surface area (Å²) in [6.45, 7) is 0.946. The van der Waals surface area contributed by atoms with E-state index < -0.39 is 0 Å². The van der Waals surface area contributed by atoms with Gasteiger partial charge in [0.1, 0.15) is 0 Å². The first kappa shape index (κ1) is 11.8. The zero-order valence-electron chi connectivity index (χ0n) is 10.4. The summed E-state index contributed by atoms with van der Waals surface area (Å²) in [4.78, 5) is 14.7. The fourth-order valence-electron chi connectivity index (χ4n) is 3.78. The predicted molar refractivity (Wildman–Crippen MR) is 69.0 cm³/mol. The number of amides is 1. The summed E-state index contributed by atoms with van der Waals surface area (Å²) < 4.78 is 0. The van der Waals surface area contributed by atoms with Crippen molar-refractivity contribution < 1.29 is 4.79 Å². The number of carbonyl (C=O) groups excluding carboxylic acids is 1. The number of carbonyl (C=O) groups is 1. The van der Waals surface area contributed by atoms with Gasteiger partial charge in [0, 0.05) is 24.4 Å². The van der Waals surface area contributed by atoms with Crippen molar-refractivity contribution in [3.8, 4) is 0 Å². The Hall–Kier alpha value is -0.240. The summed E-state index contributed by atoms with van der Waals surface area (Å²) in [5, 5.41) is 0. The molecule has 0 radical (unpaired) electrons. The van der Waals surface area contributed by atoms with E-state index in [1.807, 2.05) is 0 Å². The minimum atomic E-state index is 0.309. The number of hydrogen-bond donors (Lipinski definition) is 0. The van der Waals surface area contributed by atoms with E-state index in [1.165, 1.54) is 25.7 Å². The topological polar surface area (TPSA) is 20.3 Å². The molecule has 96 valence electrons. The van der Waals surface area contributed by atoms with E-state index in [-0.39, 0.29) is 0 Å². The fourth-order valence-corrected chi connectivity index (χ4v) is 4.10. The van der Waals surface area contributed by atoms with Crippen LogP contribution >= 0.6 is 11.6 Å². The van der Waals surface area contributed by atoms with Crippen LogP contribution in [-0.4, -0.2) is 29.3 Å². The number of fused-ring (bicyclic) bond motifs is 1. The lowest BCUT2D eigenvalue weighted by molar-refractivity contribution is -0.137. The molecule has 1 amide bonds. The number of hydrogen-bond acceptors (Lipinski definition) is 1. The van der Waals surface area contributed by atoms with Crippen molar-refractivity contribution in [2.75, 3.05) is 12.4 Å². The second-order valence-corrected chi connectivity index (χ2v) is 6.42. The molecule has 1 aliphatic heterocycles. The maximum absolute atomic E-state index is 12.6. The molecule has 0 aromatic rings. The molecule has 0 aromatic heterocycles. The van der Waals surface area contributed by atoms with Gasteiger partial charge in [-0.2, -0.15) is 0 Å². The van der Waals surface area contributed by atoms with E-state index in [0.29, 0.717) is 23.7 Å². The second-order valence-electron chi connectivity index (χ2n) is 6.11. The molecule has 2 nitrogen and oxygen atoms in total. The molecule has 3 aliphatic rings. The molecule has 3 atom stereocenters. The molecule has 2 saturated carbocycles. The summed E-state index contributed by atoms with van der Waals surface area (Å²) in [6, 6.07) is 0.309. The van der Waals surface area contributed by atoms with E-state index >= 15 is 0 Å². The molecular formula is C14H22ClNO. The van der Waals surface area contributed by atoms with Crippen LogP contribution in [0.3, 0.4) is 0 Å². The Morgan fingerprint density at radius 2 is 1.88 bits per heavy atom. The molecule has 2 aliphatic carbocycles. The fraction of sp³-hybridized carbons (Fsp3) is 0.929. The van der Waals surface area contributed by atoms with Gasteiger partial charge >= 0.3 is 0 Å². The van der Waals surface area contributed by atoms with Gasteiger partial charge in [0.15, 0.2) is 0 Å². The average molecular weight is 256 g/mol. The van der Waals surface area contributed by atoms with Gasteiger partial charge in [-0.15, -0.1) is 11.6 Å². The Balaban J connectivity index is 1.65. The van der Waals surface area contributed by atoms with Gasteiger partial charge in [-0.1, -0.05) is 12.8 Å². The first-order chi connectivity index (χ1) is 8.29. The molecule has 1 heterocycles. The molecule has 0 aromatic carbocycles.